The number of hydrogen-bond acceptors (Lipinski definition) is 14. The van der Waals surface area contributed by atoms with Crippen molar-refractivity contribution in [2.24, 2.45) is 0 Å². The topological polar surface area (TPSA) is 316 Å². The minimum atomic E-state index is -5.29. The summed E-state index contributed by atoms with van der Waals surface area (Å²) < 4.78 is 49.5. The Hall–Kier alpha value is -1.89. The van der Waals surface area contributed by atoms with E-state index in [2.05, 4.69) is 28.3 Å². The van der Waals surface area contributed by atoms with Crippen LogP contribution in [0.4, 0.5) is 5.82 Å². The second-order valence-electron chi connectivity index (χ2n) is 6.16. The molecule has 2 aromatic rings. The van der Waals surface area contributed by atoms with Crippen LogP contribution >= 0.6 is 23.5 Å². The predicted octanol–water partition coefficient (Wildman–Crippen LogP) is -2.49. The number of aliphatic hydroxyl groups is 2. The van der Waals surface area contributed by atoms with Gasteiger partial charge < -0.3 is 39.9 Å². The largest absolute Gasteiger partial charge is 0.526 e. The monoisotopic (exact) mass is 553 g/mol. The van der Waals surface area contributed by atoms with Crippen molar-refractivity contribution in [3.63, 3.8) is 0 Å². The van der Waals surface area contributed by atoms with E-state index in [1.807, 2.05) is 0 Å². The van der Waals surface area contributed by atoms with Crippen molar-refractivity contribution in [2.75, 3.05) is 12.3 Å². The second-order valence-corrected chi connectivity index (χ2v) is 10.2. The fourth-order valence-electron chi connectivity index (χ4n) is 2.53. The molecule has 0 aromatic carbocycles. The Bertz CT molecular complexity index is 1150. The maximum absolute atomic E-state index is 11.5. The van der Waals surface area contributed by atoms with Crippen LogP contribution in [0.3, 0.4) is 0 Å². The fraction of sp³-hybridized carbons (Fsp3) is 0.455. The van der Waals surface area contributed by atoms with Crippen LogP contribution in [-0.4, -0.2) is 85.6 Å². The summed E-state index contributed by atoms with van der Waals surface area (Å²) in [5.74, 6) is 0.0856. The number of carbonyl (C=O) groups excluding carboxylic acids is 1. The molecule has 5 atom stereocenters. The van der Waals surface area contributed by atoms with Crippen molar-refractivity contribution >= 4 is 46.9 Å². The van der Waals surface area contributed by atoms with Crippen molar-refractivity contribution in [1.29, 1.82) is 0 Å². The number of phosphoric acid groups is 3. The van der Waals surface area contributed by atoms with E-state index in [0.717, 1.165) is 6.33 Å². The first-order valence-corrected chi connectivity index (χ1v) is 13.0. The Labute approximate surface area is 188 Å². The Balaban J connectivity index is 0.000000509. The van der Waals surface area contributed by atoms with Crippen LogP contribution in [0.5, 0.6) is 0 Å². The molecule has 0 aliphatic carbocycles. The zero-order valence-corrected chi connectivity index (χ0v) is 19.0. The van der Waals surface area contributed by atoms with Gasteiger partial charge in [-0.2, -0.15) is 4.31 Å². The molecule has 2 aromatic heterocycles. The zero-order valence-electron chi connectivity index (χ0n) is 16.4. The number of carbonyl (C=O) groups is 1. The summed E-state index contributed by atoms with van der Waals surface area (Å²) in [6, 6.07) is 0. The van der Waals surface area contributed by atoms with E-state index in [-0.39, 0.29) is 23.5 Å². The molecular weight excluding hydrogens is 535 g/mol. The quantitative estimate of drug-likeness (QED) is 0.124. The predicted molar refractivity (Wildman–Crippen MR) is 104 cm³/mol. The highest BCUT2D eigenvalue weighted by atomic mass is 31.3. The first-order chi connectivity index (χ1) is 15.5. The van der Waals surface area contributed by atoms with E-state index in [1.165, 1.54) is 10.9 Å². The van der Waals surface area contributed by atoms with Gasteiger partial charge in [0.1, 0.15) is 30.2 Å². The molecule has 3 heterocycles. The molecular formula is C11H18N5O15P3. The lowest BCUT2D eigenvalue weighted by molar-refractivity contribution is -0.121. The van der Waals surface area contributed by atoms with Crippen molar-refractivity contribution in [3.8, 4) is 0 Å². The van der Waals surface area contributed by atoms with Crippen molar-refractivity contribution in [1.82, 2.24) is 19.5 Å². The minimum absolute atomic E-state index is 0.0856. The van der Waals surface area contributed by atoms with Crippen LogP contribution in [0.25, 0.3) is 11.2 Å². The Morgan fingerprint density at radius 2 is 1.71 bits per heavy atom. The van der Waals surface area contributed by atoms with Crippen molar-refractivity contribution in [3.05, 3.63) is 12.7 Å². The molecule has 1 aliphatic rings. The van der Waals surface area contributed by atoms with Gasteiger partial charge in [0.25, 0.3) is 0 Å². The number of fused-ring (bicyclic) bond motifs is 1. The molecule has 34 heavy (non-hydrogen) atoms. The third kappa shape index (κ3) is 7.82. The normalized spacial score (nSPS) is 24.8. The lowest BCUT2D eigenvalue weighted by atomic mass is 10.1. The van der Waals surface area contributed by atoms with Gasteiger partial charge >= 0.3 is 29.9 Å². The fourth-order valence-corrected chi connectivity index (χ4v) is 4.25. The smallest absolute Gasteiger partial charge is 0.387 e. The molecule has 1 aliphatic heterocycles. The molecule has 20 nitrogen and oxygen atoms in total. The van der Waals surface area contributed by atoms with Crippen LogP contribution < -0.4 is 5.73 Å². The Morgan fingerprint density at radius 3 is 2.24 bits per heavy atom. The maximum Gasteiger partial charge on any atom is 0.526 e. The summed E-state index contributed by atoms with van der Waals surface area (Å²) >= 11 is 0. The summed E-state index contributed by atoms with van der Waals surface area (Å²) in [5, 5.41) is 20.3. The Morgan fingerprint density at radius 1 is 1.06 bits per heavy atom. The lowest BCUT2D eigenvalue weighted by Gasteiger charge is -2.17. The number of rotatable bonds is 8. The molecule has 1 fully saturated rings. The lowest BCUT2D eigenvalue weighted by Crippen LogP contribution is -2.33. The van der Waals surface area contributed by atoms with E-state index in [0.29, 0.717) is 0 Å². The van der Waals surface area contributed by atoms with Gasteiger partial charge in [0, 0.05) is 0 Å². The number of nitrogens with two attached hydrogens (primary N) is 1. The summed E-state index contributed by atoms with van der Waals surface area (Å²) in [6.07, 6.45) is -3.20. The van der Waals surface area contributed by atoms with Gasteiger partial charge in [-0.3, -0.25) is 23.7 Å². The molecule has 1 unspecified atom stereocenters. The van der Waals surface area contributed by atoms with Gasteiger partial charge in [-0.1, -0.05) is 0 Å². The third-order valence-corrected chi connectivity index (χ3v) is 6.30. The molecule has 9 N–H and O–H groups in total. The van der Waals surface area contributed by atoms with E-state index in [9.17, 15) is 28.8 Å². The van der Waals surface area contributed by atoms with Crippen LogP contribution in [-0.2, 0) is 36.6 Å². The van der Waals surface area contributed by atoms with Gasteiger partial charge in [0.15, 0.2) is 17.7 Å². The number of aromatic nitrogens is 4. The Kier molecular flexibility index (Phi) is 9.00. The van der Waals surface area contributed by atoms with Crippen molar-refractivity contribution < 1.29 is 71.3 Å². The summed E-state index contributed by atoms with van der Waals surface area (Å²) in [5.41, 5.74) is 6.11. The van der Waals surface area contributed by atoms with E-state index in [4.69, 9.17) is 34.8 Å². The molecule has 3 rings (SSSR count). The highest BCUT2D eigenvalue weighted by molar-refractivity contribution is 7.60. The maximum atomic E-state index is 11.5. The van der Waals surface area contributed by atoms with Crippen molar-refractivity contribution in [2.45, 2.75) is 24.5 Å². The third-order valence-electron chi connectivity index (χ3n) is 3.79. The number of nitrogen functional groups attached to an aromatic ring is 1. The molecule has 0 amide bonds. The molecule has 0 bridgehead atoms. The summed E-state index contributed by atoms with van der Waals surface area (Å²) in [6.45, 7) is -1.12. The molecule has 0 radical (unpaired) electrons. The second kappa shape index (κ2) is 10.8. The van der Waals surface area contributed by atoms with E-state index >= 15 is 0 Å². The summed E-state index contributed by atoms with van der Waals surface area (Å²) in [7, 11) is -15.0. The van der Waals surface area contributed by atoms with Crippen LogP contribution in [0.2, 0.25) is 0 Å². The number of hydrogen-bond donors (Lipinski definition) is 8. The molecule has 192 valence electrons. The highest BCUT2D eigenvalue weighted by Gasteiger charge is 2.46. The first kappa shape index (κ1) is 28.3. The number of nitrogens with zero attached hydrogens (tertiary/aromatic N) is 4. The number of phosphoric ester groups is 2. The number of imidazole rings is 1. The number of aliphatic hydroxyl groups excluding tert-OH is 2. The van der Waals surface area contributed by atoms with E-state index in [1.54, 1.807) is 0 Å². The average molecular weight is 553 g/mol. The number of ether oxygens (including phenoxy) is 1. The van der Waals surface area contributed by atoms with E-state index < -0.39 is 54.6 Å². The number of anilines is 1. The minimum Gasteiger partial charge on any atom is -0.387 e. The highest BCUT2D eigenvalue weighted by Crippen LogP contribution is 2.57. The summed E-state index contributed by atoms with van der Waals surface area (Å²) in [4.78, 5) is 62.5. The zero-order chi connectivity index (χ0) is 25.9. The SMILES string of the molecule is Nc1ncnc2c1ncn2[C@@H]1O[C@H](COP(=O)(O)OP(=O)(O)O)[C@@H](O)[C@H]1O.O=COP(=O)(O)O. The van der Waals surface area contributed by atoms with Gasteiger partial charge in [-0.15, -0.1) is 0 Å². The van der Waals surface area contributed by atoms with Gasteiger partial charge in [0.05, 0.1) is 12.9 Å². The van der Waals surface area contributed by atoms with Gasteiger partial charge in [-0.05, 0) is 0 Å². The molecule has 0 spiro atoms. The standard InChI is InChI=1S/C10H15N5O10P2.CH3O5P/c11-8-5-9(13-2-12-8)15(3-14-5)10-7(17)6(16)4(24-10)1-23-27(21,22)25-26(18,19)20;2-1-6-7(3,4)5/h2-4,6-7,10,16-17H,1H2,(H,21,22)(H2,11,12,13)(H2,18,19,20);1H,(H2,3,4,5)/t4-,6-,7-,10-;/m1./s1. The van der Waals surface area contributed by atoms with Gasteiger partial charge in [0.2, 0.25) is 0 Å². The molecule has 1 saturated heterocycles. The first-order valence-electron chi connectivity index (χ1n) is 8.41. The molecule has 0 saturated carbocycles. The average Bonchev–Trinajstić information content (AvgIpc) is 3.21. The molecule has 23 heteroatoms. The van der Waals surface area contributed by atoms with Crippen LogP contribution in [0.15, 0.2) is 12.7 Å². The van der Waals surface area contributed by atoms with Crippen LogP contribution in [0, 0.1) is 0 Å². The van der Waals surface area contributed by atoms with Gasteiger partial charge in [-0.25, -0.2) is 28.6 Å². The van der Waals surface area contributed by atoms with Crippen LogP contribution in [0.1, 0.15) is 6.23 Å².